The van der Waals surface area contributed by atoms with E-state index in [4.69, 9.17) is 11.6 Å². The van der Waals surface area contributed by atoms with Crippen LogP contribution in [0.4, 0.5) is 5.69 Å². The van der Waals surface area contributed by atoms with Gasteiger partial charge in [0.15, 0.2) is 0 Å². The number of aromatic hydroxyl groups is 1. The topological polar surface area (TPSA) is 61.4 Å². The summed E-state index contributed by atoms with van der Waals surface area (Å²) in [6, 6.07) is 4.50. The summed E-state index contributed by atoms with van der Waals surface area (Å²) in [6.45, 7) is 0.883. The van der Waals surface area contributed by atoms with Crippen molar-refractivity contribution in [1.29, 1.82) is 0 Å². The number of halogens is 1. The van der Waals surface area contributed by atoms with Crippen molar-refractivity contribution in [2.24, 2.45) is 0 Å². The molecule has 3 N–H and O–H groups in total. The van der Waals surface area contributed by atoms with Crippen LogP contribution in [0.1, 0.15) is 19.3 Å². The highest BCUT2D eigenvalue weighted by molar-refractivity contribution is 6.32. The molecule has 1 aliphatic rings. The van der Waals surface area contributed by atoms with Crippen molar-refractivity contribution in [1.82, 2.24) is 5.32 Å². The number of phenols is 1. The Bertz CT molecular complexity index is 417. The molecule has 0 radical (unpaired) electrons. The molecule has 2 rings (SSSR count). The second kappa shape index (κ2) is 5.38. The second-order valence-corrected chi connectivity index (χ2v) is 4.57. The van der Waals surface area contributed by atoms with Gasteiger partial charge in [-0.25, -0.2) is 0 Å². The quantitative estimate of drug-likeness (QED) is 0.709. The molecule has 1 amide bonds. The molecular formula is C12H15ClN2O2. The maximum absolute atomic E-state index is 11.9. The summed E-state index contributed by atoms with van der Waals surface area (Å²) >= 11 is 5.77. The molecule has 1 unspecified atom stereocenters. The lowest BCUT2D eigenvalue weighted by molar-refractivity contribution is -0.118. The fourth-order valence-corrected chi connectivity index (χ4v) is 2.07. The van der Waals surface area contributed by atoms with E-state index >= 15 is 0 Å². The Kier molecular flexibility index (Phi) is 3.86. The molecule has 1 heterocycles. The average molecular weight is 255 g/mol. The van der Waals surface area contributed by atoms with Gasteiger partial charge in [0.25, 0.3) is 0 Å². The van der Waals surface area contributed by atoms with Crippen molar-refractivity contribution in [2.45, 2.75) is 25.3 Å². The third-order valence-corrected chi connectivity index (χ3v) is 3.14. The van der Waals surface area contributed by atoms with E-state index in [9.17, 15) is 9.90 Å². The van der Waals surface area contributed by atoms with Crippen LogP contribution in [-0.2, 0) is 4.79 Å². The van der Waals surface area contributed by atoms with Gasteiger partial charge in [0.05, 0.1) is 11.1 Å². The molecule has 0 saturated carbocycles. The summed E-state index contributed by atoms with van der Waals surface area (Å²) in [6.07, 6.45) is 3.05. The van der Waals surface area contributed by atoms with Crippen LogP contribution >= 0.6 is 11.6 Å². The minimum Gasteiger partial charge on any atom is -0.506 e. The van der Waals surface area contributed by atoms with Gasteiger partial charge in [0.2, 0.25) is 5.91 Å². The van der Waals surface area contributed by atoms with Gasteiger partial charge in [-0.3, -0.25) is 4.79 Å². The lowest BCUT2D eigenvalue weighted by atomic mass is 10.0. The van der Waals surface area contributed by atoms with E-state index in [-0.39, 0.29) is 22.7 Å². The lowest BCUT2D eigenvalue weighted by Crippen LogP contribution is -2.43. The third-order valence-electron chi connectivity index (χ3n) is 2.84. The van der Waals surface area contributed by atoms with E-state index in [1.54, 1.807) is 6.07 Å². The summed E-state index contributed by atoms with van der Waals surface area (Å²) in [5.41, 5.74) is 0.602. The van der Waals surface area contributed by atoms with Gasteiger partial charge in [-0.15, -0.1) is 0 Å². The monoisotopic (exact) mass is 254 g/mol. The number of carbonyl (C=O) groups is 1. The number of hydrogen-bond donors (Lipinski definition) is 3. The van der Waals surface area contributed by atoms with Crippen LogP contribution in [-0.4, -0.2) is 23.6 Å². The maximum atomic E-state index is 11.9. The highest BCUT2D eigenvalue weighted by atomic mass is 35.5. The number of phenolic OH excluding ortho intramolecular Hbond substituents is 1. The predicted octanol–water partition coefficient (Wildman–Crippen LogP) is 2.13. The number of amides is 1. The van der Waals surface area contributed by atoms with E-state index in [2.05, 4.69) is 10.6 Å². The summed E-state index contributed by atoms with van der Waals surface area (Å²) in [5, 5.41) is 15.5. The number of nitrogens with one attached hydrogen (secondary N) is 2. The van der Waals surface area contributed by atoms with Gasteiger partial charge < -0.3 is 15.7 Å². The Morgan fingerprint density at radius 1 is 1.47 bits per heavy atom. The molecule has 1 saturated heterocycles. The van der Waals surface area contributed by atoms with Gasteiger partial charge in [0, 0.05) is 5.69 Å². The van der Waals surface area contributed by atoms with Crippen LogP contribution in [0.3, 0.4) is 0 Å². The summed E-state index contributed by atoms with van der Waals surface area (Å²) in [5.74, 6) is -0.0353. The van der Waals surface area contributed by atoms with Crippen molar-refractivity contribution in [3.8, 4) is 5.75 Å². The van der Waals surface area contributed by atoms with E-state index in [0.717, 1.165) is 25.8 Å². The first-order chi connectivity index (χ1) is 8.16. The molecule has 5 heteroatoms. The number of benzene rings is 1. The molecule has 1 aromatic carbocycles. The fourth-order valence-electron chi connectivity index (χ4n) is 1.89. The molecule has 1 aromatic rings. The maximum Gasteiger partial charge on any atom is 0.241 e. The Morgan fingerprint density at radius 2 is 2.29 bits per heavy atom. The fraction of sp³-hybridized carbons (Fsp3) is 0.417. The van der Waals surface area contributed by atoms with Crippen molar-refractivity contribution < 1.29 is 9.90 Å². The molecule has 1 atom stereocenters. The summed E-state index contributed by atoms with van der Waals surface area (Å²) in [4.78, 5) is 11.9. The molecule has 0 spiro atoms. The minimum absolute atomic E-state index is 0.0143. The predicted molar refractivity (Wildman–Crippen MR) is 67.4 cm³/mol. The molecule has 0 bridgehead atoms. The Labute approximate surface area is 105 Å². The van der Waals surface area contributed by atoms with Crippen LogP contribution in [0.25, 0.3) is 0 Å². The minimum atomic E-state index is -0.128. The van der Waals surface area contributed by atoms with E-state index in [1.807, 2.05) is 0 Å². The van der Waals surface area contributed by atoms with Crippen LogP contribution in [0.15, 0.2) is 18.2 Å². The standard InChI is InChI=1S/C12H15ClN2O2/c13-9-7-8(4-5-11(9)16)15-12(17)10-3-1-2-6-14-10/h4-5,7,10,14,16H,1-3,6H2,(H,15,17). The van der Waals surface area contributed by atoms with Crippen molar-refractivity contribution in [3.05, 3.63) is 23.2 Å². The zero-order chi connectivity index (χ0) is 12.3. The number of piperidine rings is 1. The molecule has 0 aliphatic carbocycles. The third kappa shape index (κ3) is 3.11. The first-order valence-electron chi connectivity index (χ1n) is 5.69. The molecule has 92 valence electrons. The average Bonchev–Trinajstić information content (AvgIpc) is 2.35. The Balaban J connectivity index is 1.99. The normalized spacial score (nSPS) is 19.9. The second-order valence-electron chi connectivity index (χ2n) is 4.16. The zero-order valence-corrected chi connectivity index (χ0v) is 10.1. The zero-order valence-electron chi connectivity index (χ0n) is 9.37. The molecule has 17 heavy (non-hydrogen) atoms. The Morgan fingerprint density at radius 3 is 2.94 bits per heavy atom. The summed E-state index contributed by atoms with van der Waals surface area (Å²) in [7, 11) is 0. The van der Waals surface area contributed by atoms with E-state index < -0.39 is 0 Å². The highest BCUT2D eigenvalue weighted by Crippen LogP contribution is 2.26. The van der Waals surface area contributed by atoms with Gasteiger partial charge in [0.1, 0.15) is 5.75 Å². The smallest absolute Gasteiger partial charge is 0.241 e. The van der Waals surface area contributed by atoms with Crippen LogP contribution in [0.5, 0.6) is 5.75 Å². The van der Waals surface area contributed by atoms with Crippen molar-refractivity contribution in [3.63, 3.8) is 0 Å². The van der Waals surface area contributed by atoms with Crippen LogP contribution < -0.4 is 10.6 Å². The molecular weight excluding hydrogens is 240 g/mol. The molecule has 4 nitrogen and oxygen atoms in total. The molecule has 0 aromatic heterocycles. The summed E-state index contributed by atoms with van der Waals surface area (Å²) < 4.78 is 0. The first kappa shape index (κ1) is 12.2. The van der Waals surface area contributed by atoms with Crippen molar-refractivity contribution >= 4 is 23.2 Å². The molecule has 1 aliphatic heterocycles. The Hall–Kier alpha value is -1.26. The van der Waals surface area contributed by atoms with Gasteiger partial charge in [-0.1, -0.05) is 18.0 Å². The number of anilines is 1. The van der Waals surface area contributed by atoms with E-state index in [0.29, 0.717) is 5.69 Å². The number of hydrogen-bond acceptors (Lipinski definition) is 3. The van der Waals surface area contributed by atoms with Gasteiger partial charge in [-0.2, -0.15) is 0 Å². The lowest BCUT2D eigenvalue weighted by Gasteiger charge is -2.22. The largest absolute Gasteiger partial charge is 0.506 e. The van der Waals surface area contributed by atoms with Gasteiger partial charge in [-0.05, 0) is 37.6 Å². The number of rotatable bonds is 2. The van der Waals surface area contributed by atoms with Gasteiger partial charge >= 0.3 is 0 Å². The van der Waals surface area contributed by atoms with Crippen LogP contribution in [0, 0.1) is 0 Å². The van der Waals surface area contributed by atoms with Crippen LogP contribution in [0.2, 0.25) is 5.02 Å². The molecule has 1 fully saturated rings. The first-order valence-corrected chi connectivity index (χ1v) is 6.07. The highest BCUT2D eigenvalue weighted by Gasteiger charge is 2.20. The number of carbonyl (C=O) groups excluding carboxylic acids is 1. The van der Waals surface area contributed by atoms with Crippen molar-refractivity contribution in [2.75, 3.05) is 11.9 Å². The SMILES string of the molecule is O=C(Nc1ccc(O)c(Cl)c1)C1CCCCN1. The van der Waals surface area contributed by atoms with E-state index in [1.165, 1.54) is 12.1 Å².